The number of benzene rings is 1. The lowest BCUT2D eigenvalue weighted by molar-refractivity contribution is -0.112. The summed E-state index contributed by atoms with van der Waals surface area (Å²) in [5, 5.41) is 18.7. The van der Waals surface area contributed by atoms with Crippen LogP contribution in [-0.4, -0.2) is 17.2 Å². The molecule has 1 rings (SSSR count). The fourth-order valence-electron chi connectivity index (χ4n) is 0.941. The number of halogens is 2. The maximum absolute atomic E-state index is 11.6. The Labute approximate surface area is 111 Å². The van der Waals surface area contributed by atoms with E-state index in [-0.39, 0.29) is 14.4 Å². The van der Waals surface area contributed by atoms with Crippen LogP contribution >= 0.6 is 34.2 Å². The van der Waals surface area contributed by atoms with Crippen molar-refractivity contribution < 1.29 is 9.90 Å². The molecule has 0 fully saturated rings. The molecular formula is C10H8ClIN2O2. The van der Waals surface area contributed by atoms with Gasteiger partial charge in [-0.1, -0.05) is 17.7 Å². The number of hydrogen-bond donors (Lipinski definition) is 3. The minimum absolute atomic E-state index is 0.0648. The first-order chi connectivity index (χ1) is 7.54. The molecule has 0 saturated heterocycles. The lowest BCUT2D eigenvalue weighted by Gasteiger charge is -2.05. The molecule has 0 heterocycles. The Hall–Kier alpha value is -1.08. The van der Waals surface area contributed by atoms with Gasteiger partial charge in [0, 0.05) is 18.0 Å². The van der Waals surface area contributed by atoms with Gasteiger partial charge < -0.3 is 15.8 Å². The average Bonchev–Trinajstić information content (AvgIpc) is 2.27. The van der Waals surface area contributed by atoms with E-state index in [9.17, 15) is 9.90 Å². The highest BCUT2D eigenvalue weighted by molar-refractivity contribution is 14.1. The van der Waals surface area contributed by atoms with Crippen molar-refractivity contribution in [3.63, 3.8) is 0 Å². The van der Waals surface area contributed by atoms with Gasteiger partial charge in [-0.05, 0) is 34.7 Å². The smallest absolute Gasteiger partial charge is 0.263 e. The first-order valence-electron chi connectivity index (χ1n) is 4.20. The highest BCUT2D eigenvalue weighted by atomic mass is 127. The number of hydrogen-bond acceptors (Lipinski definition) is 3. The highest BCUT2D eigenvalue weighted by Crippen LogP contribution is 2.20. The largest absolute Gasteiger partial charge is 0.508 e. The van der Waals surface area contributed by atoms with Gasteiger partial charge in [-0.15, -0.1) is 0 Å². The van der Waals surface area contributed by atoms with E-state index in [4.69, 9.17) is 17.0 Å². The van der Waals surface area contributed by atoms with Crippen molar-refractivity contribution in [1.29, 1.82) is 5.41 Å². The molecule has 84 valence electrons. The maximum atomic E-state index is 11.6. The third-order valence-corrected chi connectivity index (χ3v) is 3.33. The van der Waals surface area contributed by atoms with E-state index in [0.717, 1.165) is 6.21 Å². The van der Waals surface area contributed by atoms with Gasteiger partial charge in [0.15, 0.2) is 0 Å². The Morgan fingerprint density at radius 2 is 2.25 bits per heavy atom. The molecule has 0 aliphatic rings. The van der Waals surface area contributed by atoms with Crippen LogP contribution in [0.1, 0.15) is 0 Å². The number of rotatable bonds is 3. The molecule has 0 unspecified atom stereocenters. The normalized spacial score (nSPS) is 11.6. The number of phenolic OH excluding ortho intramolecular Hbond substituents is 1. The quantitative estimate of drug-likeness (QED) is 0.445. The van der Waals surface area contributed by atoms with Crippen molar-refractivity contribution in [2.24, 2.45) is 0 Å². The van der Waals surface area contributed by atoms with Gasteiger partial charge in [-0.25, -0.2) is 0 Å². The van der Waals surface area contributed by atoms with Gasteiger partial charge in [0.25, 0.3) is 5.91 Å². The van der Waals surface area contributed by atoms with Crippen molar-refractivity contribution in [3.8, 4) is 5.75 Å². The average molecular weight is 351 g/mol. The molecule has 0 atom stereocenters. The van der Waals surface area contributed by atoms with Crippen LogP contribution in [0.3, 0.4) is 0 Å². The fourth-order valence-corrected chi connectivity index (χ4v) is 1.32. The van der Waals surface area contributed by atoms with E-state index in [1.54, 1.807) is 34.7 Å². The van der Waals surface area contributed by atoms with Gasteiger partial charge in [-0.3, -0.25) is 4.79 Å². The van der Waals surface area contributed by atoms with Gasteiger partial charge >= 0.3 is 0 Å². The summed E-state index contributed by atoms with van der Waals surface area (Å²) in [6.45, 7) is 0. The number of anilines is 1. The topological polar surface area (TPSA) is 73.2 Å². The number of carbonyl (C=O) groups is 1. The summed E-state index contributed by atoms with van der Waals surface area (Å²) >= 11 is 7.38. The Morgan fingerprint density at radius 1 is 1.56 bits per heavy atom. The van der Waals surface area contributed by atoms with Crippen LogP contribution in [0.4, 0.5) is 5.69 Å². The van der Waals surface area contributed by atoms with Crippen LogP contribution in [0.25, 0.3) is 0 Å². The molecule has 0 saturated carbocycles. The molecule has 0 aromatic heterocycles. The number of carbonyl (C=O) groups excluding carboxylic acids is 1. The Kier molecular flexibility index (Phi) is 4.75. The molecule has 16 heavy (non-hydrogen) atoms. The summed E-state index contributed by atoms with van der Waals surface area (Å²) in [6, 6.07) is 6.17. The number of allylic oxidation sites excluding steroid dienone is 1. The SMILES string of the molecule is N=C/C(Cl)=C(/I)C(=O)Nc1cccc(O)c1. The molecule has 0 radical (unpaired) electrons. The first kappa shape index (κ1) is 13.0. The predicted molar refractivity (Wildman–Crippen MR) is 72.4 cm³/mol. The van der Waals surface area contributed by atoms with Gasteiger partial charge in [0.2, 0.25) is 0 Å². The van der Waals surface area contributed by atoms with E-state index in [1.165, 1.54) is 12.1 Å². The van der Waals surface area contributed by atoms with Crippen molar-refractivity contribution in [2.45, 2.75) is 0 Å². The Balaban J connectivity index is 2.83. The zero-order valence-electron chi connectivity index (χ0n) is 8.00. The maximum Gasteiger partial charge on any atom is 0.263 e. The predicted octanol–water partition coefficient (Wildman–Crippen LogP) is 2.87. The summed E-state index contributed by atoms with van der Waals surface area (Å²) in [5.41, 5.74) is 0.466. The molecule has 1 amide bonds. The van der Waals surface area contributed by atoms with E-state index < -0.39 is 5.91 Å². The minimum Gasteiger partial charge on any atom is -0.508 e. The minimum atomic E-state index is -0.417. The monoisotopic (exact) mass is 350 g/mol. The molecule has 1 aromatic rings. The zero-order chi connectivity index (χ0) is 12.1. The third kappa shape index (κ3) is 3.49. The van der Waals surface area contributed by atoms with Gasteiger partial charge in [0.1, 0.15) is 5.75 Å². The number of phenols is 1. The molecular weight excluding hydrogens is 342 g/mol. The van der Waals surface area contributed by atoms with Crippen molar-refractivity contribution in [2.75, 3.05) is 5.32 Å². The number of aromatic hydroxyl groups is 1. The summed E-state index contributed by atoms with van der Waals surface area (Å²) in [5.74, 6) is -0.352. The van der Waals surface area contributed by atoms with Gasteiger partial charge in [0.05, 0.1) is 8.61 Å². The van der Waals surface area contributed by atoms with Crippen molar-refractivity contribution >= 4 is 52.0 Å². The van der Waals surface area contributed by atoms with E-state index in [2.05, 4.69) is 5.32 Å². The Morgan fingerprint density at radius 3 is 2.81 bits per heavy atom. The zero-order valence-corrected chi connectivity index (χ0v) is 10.9. The summed E-state index contributed by atoms with van der Waals surface area (Å²) in [7, 11) is 0. The molecule has 1 aromatic carbocycles. The Bertz CT molecular complexity index is 460. The third-order valence-electron chi connectivity index (χ3n) is 1.64. The van der Waals surface area contributed by atoms with Crippen LogP contribution in [0.15, 0.2) is 32.9 Å². The van der Waals surface area contributed by atoms with Crippen LogP contribution in [0.5, 0.6) is 5.75 Å². The standard InChI is InChI=1S/C10H8ClIN2O2/c11-8(5-13)9(12)10(16)14-6-2-1-3-7(15)4-6/h1-5,13,15H,(H,14,16)/b9-8-,13-5?. The second-order valence-corrected chi connectivity index (χ2v) is 4.30. The van der Waals surface area contributed by atoms with Gasteiger partial charge in [-0.2, -0.15) is 0 Å². The molecule has 0 bridgehead atoms. The molecule has 6 heteroatoms. The van der Waals surface area contributed by atoms with Crippen molar-refractivity contribution in [3.05, 3.63) is 32.9 Å². The summed E-state index contributed by atoms with van der Waals surface area (Å²) in [6.07, 6.45) is 0.894. The molecule has 0 aliphatic carbocycles. The van der Waals surface area contributed by atoms with Crippen LogP contribution in [0, 0.1) is 5.41 Å². The van der Waals surface area contributed by atoms with Crippen LogP contribution in [-0.2, 0) is 4.79 Å². The molecule has 0 aliphatic heterocycles. The fraction of sp³-hybridized carbons (Fsp3) is 0. The first-order valence-corrected chi connectivity index (χ1v) is 5.66. The molecule has 3 N–H and O–H groups in total. The van der Waals surface area contributed by atoms with E-state index in [0.29, 0.717) is 5.69 Å². The molecule has 4 nitrogen and oxygen atoms in total. The van der Waals surface area contributed by atoms with Crippen LogP contribution in [0.2, 0.25) is 0 Å². The summed E-state index contributed by atoms with van der Waals surface area (Å²) in [4.78, 5) is 11.6. The van der Waals surface area contributed by atoms with E-state index >= 15 is 0 Å². The second kappa shape index (κ2) is 5.86. The van der Waals surface area contributed by atoms with Crippen molar-refractivity contribution in [1.82, 2.24) is 0 Å². The highest BCUT2D eigenvalue weighted by Gasteiger charge is 2.10. The second-order valence-electron chi connectivity index (χ2n) is 2.81. The number of amides is 1. The van der Waals surface area contributed by atoms with E-state index in [1.807, 2.05) is 0 Å². The lowest BCUT2D eigenvalue weighted by Crippen LogP contribution is -2.12. The number of nitrogens with one attached hydrogen (secondary N) is 2. The molecule has 0 spiro atoms. The summed E-state index contributed by atoms with van der Waals surface area (Å²) < 4.78 is 0.220. The lowest BCUT2D eigenvalue weighted by atomic mass is 10.3. The van der Waals surface area contributed by atoms with Crippen LogP contribution < -0.4 is 5.32 Å².